The average Bonchev–Trinajstić information content (AvgIpc) is 3.09. The fraction of sp³-hybridized carbons (Fsp3) is 0.214. The van der Waals surface area contributed by atoms with Gasteiger partial charge in [0.05, 0.1) is 9.92 Å². The highest BCUT2D eigenvalue weighted by molar-refractivity contribution is 7.93. The molecule has 0 fully saturated rings. The van der Waals surface area contributed by atoms with Crippen LogP contribution < -0.4 is 4.74 Å². The number of hydrogen-bond acceptors (Lipinski definition) is 5. The molecule has 0 aliphatic carbocycles. The fourth-order valence-corrected chi connectivity index (χ4v) is 5.79. The molecule has 1 aliphatic heterocycles. The molecule has 2 aromatic rings. The Balaban J connectivity index is 2.15. The lowest BCUT2D eigenvalue weighted by Gasteiger charge is -2.10. The van der Waals surface area contributed by atoms with Crippen LogP contribution in [0.15, 0.2) is 26.6 Å². The van der Waals surface area contributed by atoms with Crippen molar-refractivity contribution in [1.82, 2.24) is 0 Å². The Hall–Kier alpha value is -1.28. The lowest BCUT2D eigenvalue weighted by molar-refractivity contribution is -0.144. The summed E-state index contributed by atoms with van der Waals surface area (Å²) < 4.78 is 30.9. The zero-order chi connectivity index (χ0) is 16.9. The molecule has 1 atom stereocenters. The molecule has 1 aliphatic rings. The van der Waals surface area contributed by atoms with Crippen molar-refractivity contribution in [1.29, 1.82) is 0 Å². The predicted octanol–water partition coefficient (Wildman–Crippen LogP) is 3.58. The third-order valence-corrected chi connectivity index (χ3v) is 7.70. The molecule has 122 valence electrons. The van der Waals surface area contributed by atoms with Crippen LogP contribution in [0.2, 0.25) is 10.0 Å². The number of carboxylic acid groups (broad SMARTS) is 1. The SMILES string of the molecule is Cc1csc(S(=O)(=O)c2cc3c(c(Cl)c2Cl)OC(C(=O)O)C3)c1. The number of sulfone groups is 1. The number of thiophene rings is 1. The Labute approximate surface area is 146 Å². The van der Waals surface area contributed by atoms with Gasteiger partial charge in [-0.1, -0.05) is 23.2 Å². The first kappa shape index (κ1) is 16.6. The summed E-state index contributed by atoms with van der Waals surface area (Å²) in [6, 6.07) is 2.89. The van der Waals surface area contributed by atoms with E-state index >= 15 is 0 Å². The first-order valence-corrected chi connectivity index (χ1v) is 9.54. The van der Waals surface area contributed by atoms with Crippen LogP contribution in [0.4, 0.5) is 0 Å². The highest BCUT2D eigenvalue weighted by Gasteiger charge is 2.35. The van der Waals surface area contributed by atoms with E-state index in [-0.39, 0.29) is 31.3 Å². The Bertz CT molecular complexity index is 917. The van der Waals surface area contributed by atoms with Gasteiger partial charge in [-0.15, -0.1) is 11.3 Å². The summed E-state index contributed by atoms with van der Waals surface area (Å²) in [5, 5.41) is 10.5. The van der Waals surface area contributed by atoms with E-state index in [1.54, 1.807) is 18.4 Å². The number of fused-ring (bicyclic) bond motifs is 1. The molecule has 9 heteroatoms. The molecule has 1 unspecified atom stereocenters. The van der Waals surface area contributed by atoms with E-state index in [1.165, 1.54) is 6.07 Å². The monoisotopic (exact) mass is 392 g/mol. The molecule has 0 amide bonds. The number of benzene rings is 1. The van der Waals surface area contributed by atoms with Gasteiger partial charge >= 0.3 is 5.97 Å². The highest BCUT2D eigenvalue weighted by Crippen LogP contribution is 2.45. The second-order valence-electron chi connectivity index (χ2n) is 5.09. The van der Waals surface area contributed by atoms with Crippen molar-refractivity contribution in [3.8, 4) is 5.75 Å². The number of hydrogen-bond donors (Lipinski definition) is 1. The quantitative estimate of drug-likeness (QED) is 0.862. The summed E-state index contributed by atoms with van der Waals surface area (Å²) >= 11 is 13.3. The smallest absolute Gasteiger partial charge is 0.345 e. The molecule has 5 nitrogen and oxygen atoms in total. The first-order chi connectivity index (χ1) is 10.7. The second-order valence-corrected chi connectivity index (χ2v) is 8.90. The van der Waals surface area contributed by atoms with Gasteiger partial charge < -0.3 is 9.84 Å². The Morgan fingerprint density at radius 2 is 2.04 bits per heavy atom. The van der Waals surface area contributed by atoms with Gasteiger partial charge in [-0.2, -0.15) is 0 Å². The minimum atomic E-state index is -3.83. The van der Waals surface area contributed by atoms with Crippen LogP contribution in [0.5, 0.6) is 5.75 Å². The summed E-state index contributed by atoms with van der Waals surface area (Å²) in [5.74, 6) is -1.02. The van der Waals surface area contributed by atoms with E-state index in [2.05, 4.69) is 0 Å². The van der Waals surface area contributed by atoms with Crippen molar-refractivity contribution >= 4 is 50.3 Å². The van der Waals surface area contributed by atoms with Crippen molar-refractivity contribution in [2.45, 2.75) is 28.6 Å². The normalized spacial score (nSPS) is 16.9. The topological polar surface area (TPSA) is 80.7 Å². The van der Waals surface area contributed by atoms with Gasteiger partial charge in [0, 0.05) is 12.0 Å². The zero-order valence-electron chi connectivity index (χ0n) is 11.7. The van der Waals surface area contributed by atoms with Gasteiger partial charge in [0.1, 0.15) is 15.0 Å². The number of carboxylic acids is 1. The third-order valence-electron chi connectivity index (χ3n) is 3.41. The van der Waals surface area contributed by atoms with Crippen LogP contribution in [0, 0.1) is 6.92 Å². The van der Waals surface area contributed by atoms with Crippen LogP contribution in [-0.2, 0) is 21.1 Å². The predicted molar refractivity (Wildman–Crippen MR) is 86.7 cm³/mol. The Morgan fingerprint density at radius 1 is 1.35 bits per heavy atom. The lowest BCUT2D eigenvalue weighted by atomic mass is 10.1. The molecule has 0 radical (unpaired) electrons. The van der Waals surface area contributed by atoms with E-state index in [1.807, 2.05) is 0 Å². The maximum Gasteiger partial charge on any atom is 0.345 e. The van der Waals surface area contributed by atoms with E-state index in [0.717, 1.165) is 16.9 Å². The fourth-order valence-electron chi connectivity index (χ4n) is 2.29. The van der Waals surface area contributed by atoms with Crippen molar-refractivity contribution in [3.63, 3.8) is 0 Å². The van der Waals surface area contributed by atoms with Crippen molar-refractivity contribution in [3.05, 3.63) is 38.7 Å². The Kier molecular flexibility index (Phi) is 4.08. The molecule has 2 heterocycles. The number of carbonyl (C=O) groups is 1. The molecule has 1 aromatic heterocycles. The maximum absolute atomic E-state index is 12.7. The standard InChI is InChI=1S/C14H10Cl2O5S2/c1-6-2-10(22-5-6)23(19,20)9-4-7-3-8(14(17)18)21-13(7)12(16)11(9)15/h2,4-5,8H,3H2,1H3,(H,17,18). The summed E-state index contributed by atoms with van der Waals surface area (Å²) in [7, 11) is -3.83. The molecule has 0 bridgehead atoms. The molecular formula is C14H10Cl2O5S2. The van der Waals surface area contributed by atoms with Crippen LogP contribution in [-0.4, -0.2) is 25.6 Å². The minimum absolute atomic E-state index is 0.0353. The molecule has 23 heavy (non-hydrogen) atoms. The molecular weight excluding hydrogens is 383 g/mol. The number of ether oxygens (including phenoxy) is 1. The largest absolute Gasteiger partial charge is 0.478 e. The molecule has 3 rings (SSSR count). The third kappa shape index (κ3) is 2.71. The molecule has 1 aromatic carbocycles. The van der Waals surface area contributed by atoms with E-state index in [9.17, 15) is 13.2 Å². The number of aryl methyl sites for hydroxylation is 1. The van der Waals surface area contributed by atoms with Crippen LogP contribution in [0.3, 0.4) is 0 Å². The van der Waals surface area contributed by atoms with Crippen molar-refractivity contribution < 1.29 is 23.1 Å². The van der Waals surface area contributed by atoms with Gasteiger partial charge in [-0.05, 0) is 30.0 Å². The molecule has 0 spiro atoms. The summed E-state index contributed by atoms with van der Waals surface area (Å²) in [5.41, 5.74) is 1.24. The summed E-state index contributed by atoms with van der Waals surface area (Å²) in [6.07, 6.45) is -1.06. The van der Waals surface area contributed by atoms with E-state index in [4.69, 9.17) is 33.0 Å². The van der Waals surface area contributed by atoms with Crippen LogP contribution in [0.1, 0.15) is 11.1 Å². The van der Waals surface area contributed by atoms with Crippen LogP contribution in [0.25, 0.3) is 0 Å². The maximum atomic E-state index is 12.7. The second kappa shape index (κ2) is 5.66. The first-order valence-electron chi connectivity index (χ1n) is 6.42. The van der Waals surface area contributed by atoms with Crippen molar-refractivity contribution in [2.75, 3.05) is 0 Å². The van der Waals surface area contributed by atoms with Crippen molar-refractivity contribution in [2.24, 2.45) is 0 Å². The average molecular weight is 393 g/mol. The molecule has 1 N–H and O–H groups in total. The van der Waals surface area contributed by atoms with Crippen LogP contribution >= 0.6 is 34.5 Å². The van der Waals surface area contributed by atoms with Gasteiger partial charge in [-0.25, -0.2) is 13.2 Å². The molecule has 0 saturated heterocycles. The zero-order valence-corrected chi connectivity index (χ0v) is 14.8. The summed E-state index contributed by atoms with van der Waals surface area (Å²) in [4.78, 5) is 10.9. The number of aliphatic carboxylic acids is 1. The van der Waals surface area contributed by atoms with E-state index in [0.29, 0.717) is 5.56 Å². The van der Waals surface area contributed by atoms with Gasteiger partial charge in [0.25, 0.3) is 0 Å². The summed E-state index contributed by atoms with van der Waals surface area (Å²) in [6.45, 7) is 1.79. The highest BCUT2D eigenvalue weighted by atomic mass is 35.5. The lowest BCUT2D eigenvalue weighted by Crippen LogP contribution is -2.24. The number of rotatable bonds is 3. The Morgan fingerprint density at radius 3 is 2.61 bits per heavy atom. The van der Waals surface area contributed by atoms with Gasteiger partial charge in [0.15, 0.2) is 6.10 Å². The minimum Gasteiger partial charge on any atom is -0.478 e. The van der Waals surface area contributed by atoms with E-state index < -0.39 is 21.9 Å². The molecule has 0 saturated carbocycles. The number of halogens is 2. The van der Waals surface area contributed by atoms with Gasteiger partial charge in [-0.3, -0.25) is 0 Å². The van der Waals surface area contributed by atoms with Gasteiger partial charge in [0.2, 0.25) is 9.84 Å².